The van der Waals surface area contributed by atoms with Gasteiger partial charge in [0.15, 0.2) is 0 Å². The molecule has 29 heavy (non-hydrogen) atoms. The number of amides is 1. The maximum Gasteiger partial charge on any atom is 0.295 e. The number of ketones is 1. The summed E-state index contributed by atoms with van der Waals surface area (Å²) in [5.74, 6) is -0.798. The maximum absolute atomic E-state index is 12.9. The fraction of sp³-hybridized carbons (Fsp3) is 0.318. The molecule has 1 aromatic carbocycles. The van der Waals surface area contributed by atoms with Gasteiger partial charge >= 0.3 is 0 Å². The second-order valence-corrected chi connectivity index (χ2v) is 7.42. The predicted molar refractivity (Wildman–Crippen MR) is 109 cm³/mol. The molecule has 0 aliphatic carbocycles. The zero-order valence-electron chi connectivity index (χ0n) is 17.1. The smallest absolute Gasteiger partial charge is 0.295 e. The Morgan fingerprint density at radius 1 is 1.28 bits per heavy atom. The van der Waals surface area contributed by atoms with Crippen LogP contribution in [-0.2, 0) is 9.59 Å². The number of hydrogen-bond acceptors (Lipinski definition) is 5. The molecule has 1 aliphatic heterocycles. The first-order valence-electron chi connectivity index (χ1n) is 9.47. The Morgan fingerprint density at radius 3 is 2.62 bits per heavy atom. The predicted octanol–water partition coefficient (Wildman–Crippen LogP) is 0.965. The van der Waals surface area contributed by atoms with Crippen LogP contribution in [-0.4, -0.2) is 61.0 Å². The van der Waals surface area contributed by atoms with Crippen molar-refractivity contribution >= 4 is 17.4 Å². The molecule has 1 amide bonds. The molecule has 1 fully saturated rings. The number of nitrogens with zero attached hydrogens (tertiary/aromatic N) is 2. The summed E-state index contributed by atoms with van der Waals surface area (Å²) in [5.41, 5.74) is 2.06. The van der Waals surface area contributed by atoms with Crippen molar-refractivity contribution in [2.75, 3.05) is 34.3 Å². The quantitative estimate of drug-likeness (QED) is 0.432. The summed E-state index contributed by atoms with van der Waals surface area (Å²) in [6, 6.07) is 8.04. The summed E-state index contributed by atoms with van der Waals surface area (Å²) in [5, 5.41) is 11.0. The van der Waals surface area contributed by atoms with Crippen LogP contribution < -0.4 is 9.64 Å². The van der Waals surface area contributed by atoms with Crippen molar-refractivity contribution < 1.29 is 24.3 Å². The lowest BCUT2D eigenvalue weighted by Gasteiger charge is -2.25. The lowest BCUT2D eigenvalue weighted by atomic mass is 9.95. The highest BCUT2D eigenvalue weighted by molar-refractivity contribution is 6.46. The van der Waals surface area contributed by atoms with Gasteiger partial charge in [-0.25, -0.2) is 0 Å². The van der Waals surface area contributed by atoms with E-state index in [-0.39, 0.29) is 11.3 Å². The molecule has 0 spiro atoms. The second-order valence-electron chi connectivity index (χ2n) is 7.42. The molecule has 0 radical (unpaired) electrons. The van der Waals surface area contributed by atoms with Gasteiger partial charge in [-0.15, -0.1) is 0 Å². The van der Waals surface area contributed by atoms with Gasteiger partial charge in [0.2, 0.25) is 0 Å². The molecule has 0 unspecified atom stereocenters. The molecular weight excluding hydrogens is 370 g/mol. The number of aliphatic hydroxyl groups excluding tert-OH is 1. The largest absolute Gasteiger partial charge is 0.507 e. The molecule has 3 rings (SSSR count). The highest BCUT2D eigenvalue weighted by atomic mass is 16.5. The molecule has 7 nitrogen and oxygen atoms in total. The SMILES string of the molecule is COc1ccc(C(O)=C2C(=O)C(=O)N(CC[NH+](C)C)[C@H]2c2cccnc2)cc1C. The van der Waals surface area contributed by atoms with Crippen molar-refractivity contribution in [1.29, 1.82) is 0 Å². The molecule has 2 N–H and O–H groups in total. The average molecular weight is 396 g/mol. The third-order valence-electron chi connectivity index (χ3n) is 5.06. The van der Waals surface area contributed by atoms with E-state index in [0.717, 1.165) is 10.5 Å². The first-order valence-corrected chi connectivity index (χ1v) is 9.47. The van der Waals surface area contributed by atoms with Gasteiger partial charge in [-0.05, 0) is 42.3 Å². The Labute approximate surface area is 170 Å². The monoisotopic (exact) mass is 396 g/mol. The molecule has 2 aromatic rings. The van der Waals surface area contributed by atoms with Crippen molar-refractivity contribution in [2.24, 2.45) is 0 Å². The van der Waals surface area contributed by atoms with E-state index in [1.807, 2.05) is 27.1 Å². The van der Waals surface area contributed by atoms with E-state index in [9.17, 15) is 14.7 Å². The minimum atomic E-state index is -0.682. The highest BCUT2D eigenvalue weighted by Crippen LogP contribution is 2.39. The van der Waals surface area contributed by atoms with Gasteiger partial charge in [-0.2, -0.15) is 0 Å². The van der Waals surface area contributed by atoms with Crippen LogP contribution in [0.2, 0.25) is 0 Å². The van der Waals surface area contributed by atoms with Gasteiger partial charge in [0.25, 0.3) is 11.7 Å². The molecule has 1 aliphatic rings. The van der Waals surface area contributed by atoms with E-state index < -0.39 is 17.7 Å². The van der Waals surface area contributed by atoms with Crippen molar-refractivity contribution in [1.82, 2.24) is 9.88 Å². The molecule has 7 heteroatoms. The highest BCUT2D eigenvalue weighted by Gasteiger charge is 2.46. The Morgan fingerprint density at radius 2 is 2.03 bits per heavy atom. The van der Waals surface area contributed by atoms with E-state index in [2.05, 4.69) is 4.98 Å². The number of Topliss-reactive ketones (excluding diaryl/α,β-unsaturated/α-hetero) is 1. The summed E-state index contributed by atoms with van der Waals surface area (Å²) < 4.78 is 5.27. The van der Waals surface area contributed by atoms with Gasteiger partial charge in [-0.1, -0.05) is 6.07 Å². The molecule has 152 valence electrons. The number of rotatable bonds is 6. The number of aromatic nitrogens is 1. The lowest BCUT2D eigenvalue weighted by Crippen LogP contribution is -3.06. The number of methoxy groups -OCH3 is 1. The number of benzene rings is 1. The zero-order valence-corrected chi connectivity index (χ0v) is 17.1. The Balaban J connectivity index is 2.13. The van der Waals surface area contributed by atoms with Crippen LogP contribution in [0, 0.1) is 6.92 Å². The average Bonchev–Trinajstić information content (AvgIpc) is 2.97. The number of pyridine rings is 1. The number of carbonyl (C=O) groups excluding carboxylic acids is 2. The van der Waals surface area contributed by atoms with Crippen LogP contribution in [0.4, 0.5) is 0 Å². The number of likely N-dealkylation sites (tertiary alicyclic amines) is 1. The molecular formula is C22H26N3O4+. The van der Waals surface area contributed by atoms with Crippen LogP contribution in [0.15, 0.2) is 48.3 Å². The van der Waals surface area contributed by atoms with Crippen LogP contribution in [0.25, 0.3) is 5.76 Å². The van der Waals surface area contributed by atoms with Gasteiger partial charge < -0.3 is 19.6 Å². The summed E-state index contributed by atoms with van der Waals surface area (Å²) >= 11 is 0. The number of aryl methyl sites for hydroxylation is 1. The van der Waals surface area contributed by atoms with Crippen molar-refractivity contribution in [3.63, 3.8) is 0 Å². The van der Waals surface area contributed by atoms with Gasteiger partial charge in [0, 0.05) is 18.0 Å². The number of likely N-dealkylation sites (N-methyl/N-ethyl adjacent to an activating group) is 1. The number of hydrogen-bond donors (Lipinski definition) is 2. The van der Waals surface area contributed by atoms with Gasteiger partial charge in [0.1, 0.15) is 11.5 Å². The van der Waals surface area contributed by atoms with E-state index in [1.54, 1.807) is 43.8 Å². The van der Waals surface area contributed by atoms with Crippen LogP contribution in [0.1, 0.15) is 22.7 Å². The summed E-state index contributed by atoms with van der Waals surface area (Å²) in [6.07, 6.45) is 3.26. The first kappa shape index (κ1) is 20.5. The minimum Gasteiger partial charge on any atom is -0.507 e. The minimum absolute atomic E-state index is 0.0846. The number of ether oxygens (including phenoxy) is 1. The third-order valence-corrected chi connectivity index (χ3v) is 5.06. The topological polar surface area (TPSA) is 84.2 Å². The Bertz CT molecular complexity index is 954. The maximum atomic E-state index is 12.9. The zero-order chi connectivity index (χ0) is 21.1. The number of nitrogens with one attached hydrogen (secondary N) is 1. The van der Waals surface area contributed by atoms with Gasteiger partial charge in [0.05, 0.1) is 45.9 Å². The fourth-order valence-electron chi connectivity index (χ4n) is 3.52. The second kappa shape index (κ2) is 8.45. The summed E-state index contributed by atoms with van der Waals surface area (Å²) in [4.78, 5) is 32.5. The first-order chi connectivity index (χ1) is 13.8. The molecule has 1 atom stereocenters. The van der Waals surface area contributed by atoms with Crippen LogP contribution >= 0.6 is 0 Å². The van der Waals surface area contributed by atoms with E-state index in [4.69, 9.17) is 4.74 Å². The lowest BCUT2D eigenvalue weighted by molar-refractivity contribution is -0.857. The van der Waals surface area contributed by atoms with Crippen molar-refractivity contribution in [3.05, 3.63) is 65.0 Å². The van der Waals surface area contributed by atoms with Crippen LogP contribution in [0.5, 0.6) is 5.75 Å². The molecule has 0 saturated carbocycles. The van der Waals surface area contributed by atoms with Crippen molar-refractivity contribution in [3.8, 4) is 5.75 Å². The van der Waals surface area contributed by atoms with Crippen LogP contribution in [0.3, 0.4) is 0 Å². The van der Waals surface area contributed by atoms with E-state index in [1.165, 1.54) is 4.90 Å². The number of aliphatic hydroxyl groups is 1. The summed E-state index contributed by atoms with van der Waals surface area (Å²) in [7, 11) is 5.54. The molecule has 2 heterocycles. The fourth-order valence-corrected chi connectivity index (χ4v) is 3.52. The van der Waals surface area contributed by atoms with Crippen molar-refractivity contribution in [2.45, 2.75) is 13.0 Å². The molecule has 1 saturated heterocycles. The Kier molecular flexibility index (Phi) is 5.98. The molecule has 1 aromatic heterocycles. The normalized spacial score (nSPS) is 18.5. The standard InChI is InChI=1S/C22H25N3O4/c1-14-12-15(7-8-17(14)29-4)20(26)18-19(16-6-5-9-23-13-16)25(11-10-24(2)3)22(28)21(18)27/h5-9,12-13,19,26H,10-11H2,1-4H3/p+1/t19-/m0/s1. The Hall–Kier alpha value is -3.19. The van der Waals surface area contributed by atoms with E-state index in [0.29, 0.717) is 30.0 Å². The third kappa shape index (κ3) is 4.00. The summed E-state index contributed by atoms with van der Waals surface area (Å²) in [6.45, 7) is 2.92. The molecule has 0 bridgehead atoms. The number of carbonyl (C=O) groups is 2. The van der Waals surface area contributed by atoms with Gasteiger partial charge in [-0.3, -0.25) is 14.6 Å². The number of quaternary nitrogens is 1. The van der Waals surface area contributed by atoms with E-state index >= 15 is 0 Å².